The zero-order valence-corrected chi connectivity index (χ0v) is 24.9. The molecule has 2 atom stereocenters. The lowest BCUT2D eigenvalue weighted by Gasteiger charge is -2.22. The van der Waals surface area contributed by atoms with Gasteiger partial charge in [-0.1, -0.05) is 133 Å². The first-order chi connectivity index (χ1) is 18.7. The Balaban J connectivity index is 3.63. The van der Waals surface area contributed by atoms with Gasteiger partial charge in [-0.25, -0.2) is 0 Å². The summed E-state index contributed by atoms with van der Waals surface area (Å²) in [7, 11) is 0. The minimum Gasteiger partial charge on any atom is -0.394 e. The van der Waals surface area contributed by atoms with Gasteiger partial charge in [-0.15, -0.1) is 0 Å². The molecule has 0 bridgehead atoms. The number of aliphatic hydroxyl groups excluding tert-OH is 2. The molecule has 220 valence electrons. The van der Waals surface area contributed by atoms with Crippen LogP contribution in [0.4, 0.5) is 0 Å². The van der Waals surface area contributed by atoms with E-state index in [0.29, 0.717) is 12.8 Å². The van der Waals surface area contributed by atoms with Crippen LogP contribution in [0, 0.1) is 0 Å². The lowest BCUT2D eigenvalue weighted by molar-refractivity contribution is -0.123. The standard InChI is InChI=1S/C34H61NO3/c1-3-5-7-9-11-12-13-14-15-16-17-18-19-20-21-22-24-26-28-30-34(38)35-32(31-36)33(37)29-27-25-23-10-8-6-4-2/h5,7,11-12,14-15,17-18,32-33,36-37H,3-4,6,8-10,13,16,19-31H2,1-2H3,(H,35,38)/b7-5-,12-11-,15-14-,18-17-. The molecule has 0 rings (SSSR count). The van der Waals surface area contributed by atoms with Crippen LogP contribution in [-0.4, -0.2) is 34.9 Å². The van der Waals surface area contributed by atoms with E-state index in [1.54, 1.807) is 0 Å². The van der Waals surface area contributed by atoms with Gasteiger partial charge in [0.15, 0.2) is 0 Å². The van der Waals surface area contributed by atoms with Gasteiger partial charge in [0.1, 0.15) is 0 Å². The van der Waals surface area contributed by atoms with Crippen LogP contribution in [0.2, 0.25) is 0 Å². The van der Waals surface area contributed by atoms with Crippen molar-refractivity contribution in [3.8, 4) is 0 Å². The van der Waals surface area contributed by atoms with E-state index in [0.717, 1.165) is 64.2 Å². The number of nitrogens with one attached hydrogen (secondary N) is 1. The van der Waals surface area contributed by atoms with Crippen LogP contribution >= 0.6 is 0 Å². The molecule has 0 saturated heterocycles. The van der Waals surface area contributed by atoms with Crippen molar-refractivity contribution in [2.75, 3.05) is 6.61 Å². The molecule has 0 spiro atoms. The van der Waals surface area contributed by atoms with E-state index in [-0.39, 0.29) is 12.5 Å². The molecule has 4 heteroatoms. The summed E-state index contributed by atoms with van der Waals surface area (Å²) in [4.78, 5) is 12.2. The summed E-state index contributed by atoms with van der Waals surface area (Å²) in [6, 6.07) is -0.541. The van der Waals surface area contributed by atoms with E-state index in [2.05, 4.69) is 67.8 Å². The quantitative estimate of drug-likeness (QED) is 0.0732. The molecule has 3 N–H and O–H groups in total. The van der Waals surface area contributed by atoms with Gasteiger partial charge in [0.25, 0.3) is 0 Å². The van der Waals surface area contributed by atoms with Crippen LogP contribution < -0.4 is 5.32 Å². The second-order valence-electron chi connectivity index (χ2n) is 10.5. The van der Waals surface area contributed by atoms with Gasteiger partial charge in [-0.05, 0) is 51.4 Å². The van der Waals surface area contributed by atoms with Gasteiger partial charge >= 0.3 is 0 Å². The van der Waals surface area contributed by atoms with Gasteiger partial charge in [0.05, 0.1) is 18.8 Å². The molecule has 0 aromatic carbocycles. The van der Waals surface area contributed by atoms with Crippen molar-refractivity contribution in [1.82, 2.24) is 5.32 Å². The van der Waals surface area contributed by atoms with Crippen molar-refractivity contribution in [1.29, 1.82) is 0 Å². The molecule has 0 aliphatic rings. The number of hydrogen-bond donors (Lipinski definition) is 3. The number of carbonyl (C=O) groups is 1. The number of hydrogen-bond acceptors (Lipinski definition) is 3. The number of rotatable bonds is 27. The first-order valence-corrected chi connectivity index (χ1v) is 15.8. The minimum absolute atomic E-state index is 0.0537. The highest BCUT2D eigenvalue weighted by Gasteiger charge is 2.19. The summed E-state index contributed by atoms with van der Waals surface area (Å²) < 4.78 is 0. The van der Waals surface area contributed by atoms with Crippen molar-refractivity contribution in [2.45, 2.75) is 154 Å². The molecular formula is C34H61NO3. The SMILES string of the molecule is CC/C=C\C/C=C\C/C=C\C/C=C\CCCCCCCCC(=O)NC(CO)C(O)CCCCCCCCC. The summed E-state index contributed by atoms with van der Waals surface area (Å²) in [5.41, 5.74) is 0. The number of aliphatic hydroxyl groups is 2. The van der Waals surface area contributed by atoms with E-state index in [1.165, 1.54) is 51.4 Å². The Labute approximate surface area is 235 Å². The fraction of sp³-hybridized carbons (Fsp3) is 0.735. The topological polar surface area (TPSA) is 69.6 Å². The van der Waals surface area contributed by atoms with Crippen molar-refractivity contribution in [2.24, 2.45) is 0 Å². The average molecular weight is 532 g/mol. The molecule has 0 fully saturated rings. The van der Waals surface area contributed by atoms with E-state index in [1.807, 2.05) is 0 Å². The van der Waals surface area contributed by atoms with Crippen LogP contribution in [0.15, 0.2) is 48.6 Å². The van der Waals surface area contributed by atoms with E-state index >= 15 is 0 Å². The highest BCUT2D eigenvalue weighted by molar-refractivity contribution is 5.76. The smallest absolute Gasteiger partial charge is 0.220 e. The van der Waals surface area contributed by atoms with Gasteiger partial charge < -0.3 is 15.5 Å². The molecular weight excluding hydrogens is 470 g/mol. The molecule has 2 unspecified atom stereocenters. The van der Waals surface area contributed by atoms with Crippen LogP contribution in [-0.2, 0) is 4.79 Å². The van der Waals surface area contributed by atoms with Gasteiger partial charge in [-0.3, -0.25) is 4.79 Å². The van der Waals surface area contributed by atoms with Gasteiger partial charge in [0.2, 0.25) is 5.91 Å². The zero-order valence-electron chi connectivity index (χ0n) is 24.9. The molecule has 0 heterocycles. The maximum absolute atomic E-state index is 12.2. The second kappa shape index (κ2) is 29.9. The number of allylic oxidation sites excluding steroid dienone is 8. The lowest BCUT2D eigenvalue weighted by Crippen LogP contribution is -2.45. The van der Waals surface area contributed by atoms with Crippen molar-refractivity contribution >= 4 is 5.91 Å². The van der Waals surface area contributed by atoms with Crippen LogP contribution in [0.3, 0.4) is 0 Å². The fourth-order valence-electron chi connectivity index (χ4n) is 4.41. The predicted octanol–water partition coefficient (Wildman–Crippen LogP) is 8.89. The predicted molar refractivity (Wildman–Crippen MR) is 165 cm³/mol. The van der Waals surface area contributed by atoms with E-state index in [9.17, 15) is 15.0 Å². The highest BCUT2D eigenvalue weighted by Crippen LogP contribution is 2.12. The summed E-state index contributed by atoms with van der Waals surface area (Å²) in [6.07, 6.45) is 38.8. The normalized spacial score (nSPS) is 13.9. The molecule has 0 saturated carbocycles. The second-order valence-corrected chi connectivity index (χ2v) is 10.5. The zero-order chi connectivity index (χ0) is 27.9. The molecule has 0 radical (unpaired) electrons. The largest absolute Gasteiger partial charge is 0.394 e. The number of amides is 1. The number of carbonyl (C=O) groups excluding carboxylic acids is 1. The Morgan fingerprint density at radius 2 is 1.16 bits per heavy atom. The summed E-state index contributed by atoms with van der Waals surface area (Å²) >= 11 is 0. The third-order valence-corrected chi connectivity index (χ3v) is 6.85. The Hall–Kier alpha value is -1.65. The van der Waals surface area contributed by atoms with Crippen molar-refractivity contribution in [3.05, 3.63) is 48.6 Å². The Bertz CT molecular complexity index is 623. The van der Waals surface area contributed by atoms with Crippen LogP contribution in [0.1, 0.15) is 142 Å². The number of unbranched alkanes of at least 4 members (excludes halogenated alkanes) is 12. The molecule has 0 aliphatic heterocycles. The van der Waals surface area contributed by atoms with E-state index in [4.69, 9.17) is 0 Å². The van der Waals surface area contributed by atoms with Crippen molar-refractivity contribution < 1.29 is 15.0 Å². The molecule has 0 aromatic heterocycles. The maximum Gasteiger partial charge on any atom is 0.220 e. The summed E-state index contributed by atoms with van der Waals surface area (Å²) in [5.74, 6) is -0.0537. The Morgan fingerprint density at radius 1 is 0.658 bits per heavy atom. The van der Waals surface area contributed by atoms with Crippen LogP contribution in [0.5, 0.6) is 0 Å². The van der Waals surface area contributed by atoms with Crippen molar-refractivity contribution in [3.63, 3.8) is 0 Å². The Kier molecular flexibility index (Phi) is 28.6. The highest BCUT2D eigenvalue weighted by atomic mass is 16.3. The lowest BCUT2D eigenvalue weighted by atomic mass is 10.0. The first-order valence-electron chi connectivity index (χ1n) is 15.8. The molecule has 0 aromatic rings. The van der Waals surface area contributed by atoms with Crippen LogP contribution in [0.25, 0.3) is 0 Å². The molecule has 38 heavy (non-hydrogen) atoms. The summed E-state index contributed by atoms with van der Waals surface area (Å²) in [6.45, 7) is 4.17. The Morgan fingerprint density at radius 3 is 1.74 bits per heavy atom. The van der Waals surface area contributed by atoms with Gasteiger partial charge in [-0.2, -0.15) is 0 Å². The van der Waals surface area contributed by atoms with Gasteiger partial charge in [0, 0.05) is 6.42 Å². The third kappa shape index (κ3) is 26.0. The molecule has 1 amide bonds. The first kappa shape index (κ1) is 36.4. The average Bonchev–Trinajstić information content (AvgIpc) is 2.92. The molecule has 0 aliphatic carbocycles. The van der Waals surface area contributed by atoms with E-state index < -0.39 is 12.1 Å². The monoisotopic (exact) mass is 531 g/mol. The maximum atomic E-state index is 12.2. The summed E-state index contributed by atoms with van der Waals surface area (Å²) in [5, 5.41) is 22.8. The third-order valence-electron chi connectivity index (χ3n) is 6.85. The fourth-order valence-corrected chi connectivity index (χ4v) is 4.41. The minimum atomic E-state index is -0.662. The molecule has 4 nitrogen and oxygen atoms in total.